The molecule has 2 aliphatic rings. The van der Waals surface area contributed by atoms with E-state index in [9.17, 15) is 36.2 Å². The zero-order chi connectivity index (χ0) is 35.6. The second-order valence-electron chi connectivity index (χ2n) is 13.2. The van der Waals surface area contributed by atoms with Gasteiger partial charge in [0.25, 0.3) is 0 Å². The molecule has 0 radical (unpaired) electrons. The van der Waals surface area contributed by atoms with Crippen molar-refractivity contribution in [3.8, 4) is 0 Å². The highest BCUT2D eigenvalue weighted by Gasteiger charge is 2.44. The molecule has 48 heavy (non-hydrogen) atoms. The van der Waals surface area contributed by atoms with Crippen molar-refractivity contribution in [1.29, 1.82) is 0 Å². The summed E-state index contributed by atoms with van der Waals surface area (Å²) in [6, 6.07) is 14.6. The summed E-state index contributed by atoms with van der Waals surface area (Å²) in [7, 11) is 0. The zero-order valence-electron chi connectivity index (χ0n) is 27.0. The van der Waals surface area contributed by atoms with Crippen molar-refractivity contribution in [2.45, 2.75) is 64.2 Å². The third kappa shape index (κ3) is 6.27. The summed E-state index contributed by atoms with van der Waals surface area (Å²) in [5.41, 5.74) is 0.658. The minimum Gasteiger partial charge on any atom is -0.506 e. The molecular formula is C38H34BrF6NO2. The van der Waals surface area contributed by atoms with Crippen LogP contribution in [0.25, 0.3) is 0 Å². The van der Waals surface area contributed by atoms with Gasteiger partial charge in [0.1, 0.15) is 5.76 Å². The second-order valence-corrected chi connectivity index (χ2v) is 14.1. The Balaban J connectivity index is 1.52. The number of nitrogens with zero attached hydrogens (tertiary/aromatic N) is 1. The number of anilines is 1. The van der Waals surface area contributed by atoms with E-state index in [-0.39, 0.29) is 16.9 Å². The number of allylic oxidation sites excluding steroid dienone is 6. The first-order valence-electron chi connectivity index (χ1n) is 15.2. The van der Waals surface area contributed by atoms with Crippen LogP contribution in [0.3, 0.4) is 0 Å². The second kappa shape index (κ2) is 12.1. The molecule has 3 nitrogen and oxygen atoms in total. The lowest BCUT2D eigenvalue weighted by Gasteiger charge is -2.31. The summed E-state index contributed by atoms with van der Waals surface area (Å²) >= 11 is 3.53. The Labute approximate surface area is 284 Å². The van der Waals surface area contributed by atoms with Crippen molar-refractivity contribution in [2.24, 2.45) is 0 Å². The van der Waals surface area contributed by atoms with Gasteiger partial charge in [0.15, 0.2) is 0 Å². The van der Waals surface area contributed by atoms with Gasteiger partial charge in [0, 0.05) is 33.2 Å². The summed E-state index contributed by atoms with van der Waals surface area (Å²) in [5, 5.41) is 11.1. The Bertz CT molecular complexity index is 1930. The van der Waals surface area contributed by atoms with Crippen molar-refractivity contribution >= 4 is 27.4 Å². The Morgan fingerprint density at radius 3 is 2.15 bits per heavy atom. The van der Waals surface area contributed by atoms with E-state index < -0.39 is 40.1 Å². The minimum absolute atomic E-state index is 0.00284. The molecule has 0 atom stereocenters. The fraction of sp³-hybridized carbons (Fsp3) is 0.289. The number of hydrogen-bond acceptors (Lipinski definition) is 3. The molecule has 3 aromatic rings. The van der Waals surface area contributed by atoms with Crippen LogP contribution in [0.2, 0.25) is 0 Å². The van der Waals surface area contributed by atoms with Gasteiger partial charge in [-0.05, 0) is 83.7 Å². The van der Waals surface area contributed by atoms with Gasteiger partial charge in [-0.1, -0.05) is 80.5 Å². The van der Waals surface area contributed by atoms with Gasteiger partial charge in [-0.2, -0.15) is 26.3 Å². The maximum absolute atomic E-state index is 13.8. The summed E-state index contributed by atoms with van der Waals surface area (Å²) in [6.45, 7) is 13.2. The molecule has 0 spiro atoms. The standard InChI is InChI=1S/C38H34BrF6NO2/c1-21-17-24(37(40,41)42)11-13-28(21)35(3,4)22(2)18-26-33(47)27(34(26)48)20-32-36(5,6)29-14-12-25(38(43,44)45)19-31(29)46(32)16-15-23-9-7-8-10-30(23)39/h7-14,17-20,47H,2,15-16H2,1,3-6H3/b26-18+,32-20-. The number of Topliss-reactive ketones (excluding diaryl/α,β-unsaturated/α-hetero) is 1. The molecule has 5 rings (SSSR count). The molecule has 0 saturated heterocycles. The number of aliphatic hydroxyl groups is 1. The predicted molar refractivity (Wildman–Crippen MR) is 179 cm³/mol. The largest absolute Gasteiger partial charge is 0.506 e. The Hall–Kier alpha value is -4.05. The van der Waals surface area contributed by atoms with E-state index in [0.717, 1.165) is 34.3 Å². The van der Waals surface area contributed by atoms with Crippen LogP contribution < -0.4 is 4.90 Å². The van der Waals surface area contributed by atoms with Gasteiger partial charge in [0.05, 0.1) is 22.3 Å². The van der Waals surface area contributed by atoms with E-state index in [1.54, 1.807) is 25.7 Å². The lowest BCUT2D eigenvalue weighted by molar-refractivity contribution is -0.138. The van der Waals surface area contributed by atoms with E-state index in [1.807, 2.05) is 38.1 Å². The van der Waals surface area contributed by atoms with Crippen LogP contribution in [0.4, 0.5) is 32.0 Å². The summed E-state index contributed by atoms with van der Waals surface area (Å²) < 4.78 is 82.0. The Kier molecular flexibility index (Phi) is 8.91. The molecule has 0 amide bonds. The van der Waals surface area contributed by atoms with Gasteiger partial charge in [-0.3, -0.25) is 4.79 Å². The fourth-order valence-corrected chi connectivity index (χ4v) is 6.90. The van der Waals surface area contributed by atoms with Crippen molar-refractivity contribution in [3.05, 3.63) is 145 Å². The number of fused-ring (bicyclic) bond motifs is 1. The highest BCUT2D eigenvalue weighted by Crippen LogP contribution is 2.51. The van der Waals surface area contributed by atoms with Crippen molar-refractivity contribution in [1.82, 2.24) is 0 Å². The topological polar surface area (TPSA) is 40.5 Å². The number of ketones is 1. The highest BCUT2D eigenvalue weighted by molar-refractivity contribution is 9.10. The van der Waals surface area contributed by atoms with Crippen LogP contribution in [0.15, 0.2) is 112 Å². The summed E-state index contributed by atoms with van der Waals surface area (Å²) in [5.74, 6) is -0.767. The number of benzene rings is 3. The number of rotatable bonds is 7. The lowest BCUT2D eigenvalue weighted by atomic mass is 9.74. The average Bonchev–Trinajstić information content (AvgIpc) is 3.21. The first kappa shape index (κ1) is 35.3. The first-order chi connectivity index (χ1) is 22.2. The van der Waals surface area contributed by atoms with Crippen molar-refractivity contribution in [2.75, 3.05) is 11.4 Å². The normalized spacial score (nSPS) is 18.1. The maximum atomic E-state index is 13.8. The molecule has 1 N–H and O–H groups in total. The third-order valence-electron chi connectivity index (χ3n) is 9.41. The number of carbonyl (C=O) groups excluding carboxylic acids is 1. The molecule has 1 aliphatic carbocycles. The van der Waals surface area contributed by atoms with Crippen LogP contribution in [0.1, 0.15) is 61.1 Å². The zero-order valence-corrected chi connectivity index (χ0v) is 28.6. The predicted octanol–water partition coefficient (Wildman–Crippen LogP) is 10.9. The molecule has 1 aliphatic heterocycles. The van der Waals surface area contributed by atoms with E-state index in [1.165, 1.54) is 24.3 Å². The fourth-order valence-electron chi connectivity index (χ4n) is 6.41. The summed E-state index contributed by atoms with van der Waals surface area (Å²) in [6.07, 6.45) is -5.59. The lowest BCUT2D eigenvalue weighted by Crippen LogP contribution is -2.30. The minimum atomic E-state index is -4.56. The molecule has 0 unspecified atom stereocenters. The van der Waals surface area contributed by atoms with Crippen LogP contribution in [-0.2, 0) is 34.4 Å². The first-order valence-corrected chi connectivity index (χ1v) is 16.0. The molecule has 10 heteroatoms. The van der Waals surface area contributed by atoms with Gasteiger partial charge >= 0.3 is 12.4 Å². The molecule has 3 aromatic carbocycles. The molecule has 1 heterocycles. The van der Waals surface area contributed by atoms with E-state index in [0.29, 0.717) is 46.6 Å². The van der Waals surface area contributed by atoms with Gasteiger partial charge < -0.3 is 10.0 Å². The van der Waals surface area contributed by atoms with Crippen molar-refractivity contribution in [3.63, 3.8) is 0 Å². The quantitative estimate of drug-likeness (QED) is 0.194. The number of aryl methyl sites for hydroxylation is 1. The van der Waals surface area contributed by atoms with E-state index >= 15 is 0 Å². The molecule has 0 fully saturated rings. The van der Waals surface area contributed by atoms with Crippen LogP contribution >= 0.6 is 15.9 Å². The van der Waals surface area contributed by atoms with E-state index in [2.05, 4.69) is 22.5 Å². The summed E-state index contributed by atoms with van der Waals surface area (Å²) in [4.78, 5) is 15.3. The number of alkyl halides is 6. The third-order valence-corrected chi connectivity index (χ3v) is 10.2. The SMILES string of the molecule is C=C(/C=C1/C(=O)C(/C=C2\N(CCc3ccccc3Br)c3cc(C(F)(F)F)ccc3C2(C)C)=C1O)C(C)(C)c1ccc(C(F)(F)F)cc1C. The van der Waals surface area contributed by atoms with Crippen LogP contribution in [0, 0.1) is 6.92 Å². The Morgan fingerprint density at radius 1 is 0.958 bits per heavy atom. The average molecular weight is 731 g/mol. The number of carbonyl (C=O) groups is 1. The van der Waals surface area contributed by atoms with Gasteiger partial charge in [0.2, 0.25) is 5.78 Å². The van der Waals surface area contributed by atoms with Gasteiger partial charge in [-0.15, -0.1) is 0 Å². The maximum Gasteiger partial charge on any atom is 0.416 e. The molecule has 252 valence electrons. The number of aliphatic hydroxyl groups excluding tert-OH is 1. The number of halogens is 7. The molecular weight excluding hydrogens is 696 g/mol. The molecule has 0 aromatic heterocycles. The Morgan fingerprint density at radius 2 is 1.56 bits per heavy atom. The smallest absolute Gasteiger partial charge is 0.416 e. The molecule has 0 saturated carbocycles. The van der Waals surface area contributed by atoms with E-state index in [4.69, 9.17) is 0 Å². The highest BCUT2D eigenvalue weighted by atomic mass is 79.9. The van der Waals surface area contributed by atoms with Crippen LogP contribution in [-0.4, -0.2) is 17.4 Å². The van der Waals surface area contributed by atoms with Crippen LogP contribution in [0.5, 0.6) is 0 Å². The number of hydrogen-bond donors (Lipinski definition) is 1. The molecule has 0 bridgehead atoms. The van der Waals surface area contributed by atoms with Gasteiger partial charge in [-0.25, -0.2) is 0 Å². The monoisotopic (exact) mass is 729 g/mol. The van der Waals surface area contributed by atoms with Crippen molar-refractivity contribution < 1.29 is 36.2 Å².